The number of nitrogens with zero attached hydrogens (tertiary/aromatic N) is 2. The molecule has 1 aromatic heterocycles. The van der Waals surface area contributed by atoms with Crippen LogP contribution in [-0.2, 0) is 25.7 Å². The van der Waals surface area contributed by atoms with Gasteiger partial charge >= 0.3 is 0 Å². The van der Waals surface area contributed by atoms with Crippen molar-refractivity contribution >= 4 is 46.7 Å². The van der Waals surface area contributed by atoms with E-state index in [4.69, 9.17) is 0 Å². The summed E-state index contributed by atoms with van der Waals surface area (Å²) in [4.78, 5) is 82.0. The summed E-state index contributed by atoms with van der Waals surface area (Å²) in [6.45, 7) is 0.0926. The molecule has 1 aliphatic carbocycles. The summed E-state index contributed by atoms with van der Waals surface area (Å²) in [5.41, 5.74) is 2.42. The molecule has 3 N–H and O–H groups in total. The minimum atomic E-state index is -0.781. The number of allylic oxidation sites excluding steroid dienone is 1. The maximum atomic E-state index is 13.4. The van der Waals surface area contributed by atoms with Crippen molar-refractivity contribution in [2.45, 2.75) is 44.2 Å². The predicted octanol–water partition coefficient (Wildman–Crippen LogP) is 3.11. The van der Waals surface area contributed by atoms with Gasteiger partial charge in [0.25, 0.3) is 11.8 Å². The molecule has 1 saturated carbocycles. The number of imide groups is 1. The minimum absolute atomic E-state index is 0.0251. The third kappa shape index (κ3) is 5.44. The molecule has 6 rings (SSSR count). The molecular weight excluding hydrogens is 550 g/mol. The fourth-order valence-electron chi connectivity index (χ4n) is 5.75. The van der Waals surface area contributed by atoms with Crippen molar-refractivity contribution in [2.24, 2.45) is 0 Å². The quantitative estimate of drug-likeness (QED) is 0.229. The second kappa shape index (κ2) is 11.4. The van der Waals surface area contributed by atoms with Crippen molar-refractivity contribution in [3.63, 3.8) is 0 Å². The van der Waals surface area contributed by atoms with Crippen LogP contribution in [0.25, 0.3) is 0 Å². The number of piperidine rings is 1. The van der Waals surface area contributed by atoms with Crippen LogP contribution in [-0.4, -0.2) is 51.1 Å². The first kappa shape index (κ1) is 27.7. The monoisotopic (exact) mass is 577 g/mol. The lowest BCUT2D eigenvalue weighted by Gasteiger charge is -2.29. The van der Waals surface area contributed by atoms with Crippen LogP contribution in [0.2, 0.25) is 0 Å². The molecule has 1 saturated heterocycles. The van der Waals surface area contributed by atoms with Crippen molar-refractivity contribution in [1.82, 2.24) is 15.2 Å². The number of hydrogen-bond donors (Lipinski definition) is 3. The number of nitrogens with one attached hydrogen (secondary N) is 3. The zero-order valence-electron chi connectivity index (χ0n) is 23.0. The highest BCUT2D eigenvalue weighted by atomic mass is 16.2. The molecule has 43 heavy (non-hydrogen) atoms. The Bertz CT molecular complexity index is 1700. The van der Waals surface area contributed by atoms with Gasteiger partial charge in [-0.25, -0.2) is 4.98 Å². The largest absolute Gasteiger partial charge is 0.345 e. The number of carbonyl (C=O) groups is 6. The average molecular weight is 578 g/mol. The first-order valence-electron chi connectivity index (χ1n) is 13.9. The molecule has 11 nitrogen and oxygen atoms in total. The number of benzene rings is 2. The van der Waals surface area contributed by atoms with Crippen LogP contribution in [0.5, 0.6) is 0 Å². The summed E-state index contributed by atoms with van der Waals surface area (Å²) < 4.78 is 0. The number of aromatic nitrogens is 1. The van der Waals surface area contributed by atoms with Crippen LogP contribution in [0, 0.1) is 0 Å². The first-order chi connectivity index (χ1) is 20.8. The fourth-order valence-corrected chi connectivity index (χ4v) is 5.75. The van der Waals surface area contributed by atoms with Gasteiger partial charge in [-0.15, -0.1) is 0 Å². The first-order valence-corrected chi connectivity index (χ1v) is 13.9. The van der Waals surface area contributed by atoms with Gasteiger partial charge in [0.1, 0.15) is 11.9 Å². The van der Waals surface area contributed by atoms with Gasteiger partial charge in [0.2, 0.25) is 11.8 Å². The second-order valence-electron chi connectivity index (χ2n) is 10.6. The van der Waals surface area contributed by atoms with E-state index in [0.717, 1.165) is 5.56 Å². The van der Waals surface area contributed by atoms with Crippen molar-refractivity contribution < 1.29 is 28.8 Å². The normalized spacial score (nSPS) is 20.0. The average Bonchev–Trinajstić information content (AvgIpc) is 3.34. The number of hydrogen-bond acceptors (Lipinski definition) is 8. The molecule has 3 heterocycles. The maximum absolute atomic E-state index is 13.4. The number of anilines is 2. The van der Waals surface area contributed by atoms with E-state index >= 15 is 0 Å². The molecule has 0 bridgehead atoms. The van der Waals surface area contributed by atoms with E-state index < -0.39 is 17.9 Å². The topological polar surface area (TPSA) is 155 Å². The zero-order chi connectivity index (χ0) is 30.1. The van der Waals surface area contributed by atoms with Crippen LogP contribution < -0.4 is 16.0 Å². The summed E-state index contributed by atoms with van der Waals surface area (Å²) >= 11 is 0. The van der Waals surface area contributed by atoms with Crippen LogP contribution in [0.3, 0.4) is 0 Å². The summed E-state index contributed by atoms with van der Waals surface area (Å²) in [5.74, 6) is -2.38. The maximum Gasteiger partial charge on any atom is 0.259 e. The predicted molar refractivity (Wildman–Crippen MR) is 155 cm³/mol. The molecule has 2 fully saturated rings. The van der Waals surface area contributed by atoms with E-state index in [2.05, 4.69) is 20.9 Å². The van der Waals surface area contributed by atoms with E-state index in [9.17, 15) is 28.8 Å². The molecule has 2 aromatic carbocycles. The standard InChI is InChI=1S/C32H27N5O6/c38-26-14-19(18-6-2-1-3-7-18)15-27(39)22(26)16-34-29-21(9-5-13-33-29)30(41)35-24-10-4-8-20-23(24)17-37(32(20)43)25-11-12-28(40)36-31(25)42/h1-10,13,16,19,25H,11-12,14-15,17H2,(H,33,34)(H,35,41)(H,36,40,42). The lowest BCUT2D eigenvalue weighted by Crippen LogP contribution is -2.52. The number of fused-ring (bicyclic) bond motifs is 1. The molecule has 4 amide bonds. The number of amides is 4. The van der Waals surface area contributed by atoms with Crippen molar-refractivity contribution in [1.29, 1.82) is 0 Å². The van der Waals surface area contributed by atoms with Crippen molar-refractivity contribution in [2.75, 3.05) is 10.6 Å². The van der Waals surface area contributed by atoms with Crippen molar-refractivity contribution in [3.05, 3.63) is 101 Å². The molecule has 11 heteroatoms. The summed E-state index contributed by atoms with van der Waals surface area (Å²) in [5, 5.41) is 7.98. The number of ketones is 2. The molecule has 2 aliphatic heterocycles. The van der Waals surface area contributed by atoms with Gasteiger partial charge < -0.3 is 15.5 Å². The Kier molecular flexibility index (Phi) is 7.37. The molecule has 3 aromatic rings. The Morgan fingerprint density at radius 1 is 0.930 bits per heavy atom. The van der Waals surface area contributed by atoms with Crippen LogP contribution >= 0.6 is 0 Å². The second-order valence-corrected chi connectivity index (χ2v) is 10.6. The Labute approximate surface area is 246 Å². The number of pyridine rings is 1. The molecule has 3 aliphatic rings. The van der Waals surface area contributed by atoms with Gasteiger partial charge in [0.15, 0.2) is 11.6 Å². The smallest absolute Gasteiger partial charge is 0.259 e. The lowest BCUT2D eigenvalue weighted by molar-refractivity contribution is -0.137. The highest BCUT2D eigenvalue weighted by molar-refractivity contribution is 6.22. The van der Waals surface area contributed by atoms with Gasteiger partial charge in [-0.3, -0.25) is 34.1 Å². The van der Waals surface area contributed by atoms with Crippen LogP contribution in [0.4, 0.5) is 11.5 Å². The molecule has 216 valence electrons. The van der Waals surface area contributed by atoms with Gasteiger partial charge in [0, 0.05) is 55.0 Å². The van der Waals surface area contributed by atoms with E-state index in [0.29, 0.717) is 16.8 Å². The molecule has 0 radical (unpaired) electrons. The Morgan fingerprint density at radius 3 is 2.44 bits per heavy atom. The molecular formula is C32H27N5O6. The highest BCUT2D eigenvalue weighted by Gasteiger charge is 2.40. The van der Waals surface area contributed by atoms with Crippen LogP contribution in [0.15, 0.2) is 78.6 Å². The Morgan fingerprint density at radius 2 is 1.70 bits per heavy atom. The summed E-state index contributed by atoms with van der Waals surface area (Å²) in [6.07, 6.45) is 3.55. The van der Waals surface area contributed by atoms with Gasteiger partial charge in [-0.05, 0) is 42.2 Å². The fraction of sp³-hybridized carbons (Fsp3) is 0.219. The number of carbonyl (C=O) groups excluding carboxylic acids is 6. The van der Waals surface area contributed by atoms with E-state index in [1.54, 1.807) is 30.3 Å². The lowest BCUT2D eigenvalue weighted by atomic mass is 9.80. The van der Waals surface area contributed by atoms with Gasteiger partial charge in [-0.2, -0.15) is 0 Å². The van der Waals surface area contributed by atoms with E-state index in [1.165, 1.54) is 17.3 Å². The van der Waals surface area contributed by atoms with Gasteiger partial charge in [-0.1, -0.05) is 36.4 Å². The van der Waals surface area contributed by atoms with Crippen LogP contribution in [0.1, 0.15) is 63.4 Å². The number of Topliss-reactive ketones (excluding diaryl/α,β-unsaturated/α-hetero) is 2. The Hall–Kier alpha value is -5.45. The van der Waals surface area contributed by atoms with Crippen molar-refractivity contribution in [3.8, 4) is 0 Å². The summed E-state index contributed by atoms with van der Waals surface area (Å²) in [6, 6.07) is 16.7. The number of rotatable bonds is 6. The molecule has 0 spiro atoms. The SMILES string of the molecule is O=C1CCC(N2Cc3c(NC(=O)c4cccnc4NC=C4C(=O)CC(c5ccccc5)CC4=O)cccc3C2=O)C(=O)N1. The highest BCUT2D eigenvalue weighted by Crippen LogP contribution is 2.34. The molecule has 1 atom stereocenters. The third-order valence-corrected chi connectivity index (χ3v) is 7.97. The van der Waals surface area contributed by atoms with Gasteiger partial charge in [0.05, 0.1) is 11.1 Å². The molecule has 1 unspecified atom stereocenters. The third-order valence-electron chi connectivity index (χ3n) is 7.97. The minimum Gasteiger partial charge on any atom is -0.345 e. The van der Waals surface area contributed by atoms with E-state index in [-0.39, 0.29) is 78.5 Å². The zero-order valence-corrected chi connectivity index (χ0v) is 23.0. The Balaban J connectivity index is 1.18. The van der Waals surface area contributed by atoms with E-state index in [1.807, 2.05) is 30.3 Å². The summed E-state index contributed by atoms with van der Waals surface area (Å²) in [7, 11) is 0.